The Hall–Kier alpha value is -3.28. The topological polar surface area (TPSA) is 135 Å². The highest BCUT2D eigenvalue weighted by Crippen LogP contribution is 2.19. The van der Waals surface area contributed by atoms with Gasteiger partial charge in [-0.25, -0.2) is 18.1 Å². The number of hydrogen-bond donors (Lipinski definition) is 3. The average molecular weight is 446 g/mol. The molecule has 3 aromatic rings. The van der Waals surface area contributed by atoms with Gasteiger partial charge in [0, 0.05) is 24.8 Å². The Morgan fingerprint density at radius 2 is 1.77 bits per heavy atom. The second-order valence-corrected chi connectivity index (χ2v) is 8.20. The summed E-state index contributed by atoms with van der Waals surface area (Å²) < 4.78 is 36.7. The van der Waals surface area contributed by atoms with Gasteiger partial charge in [-0.3, -0.25) is 9.89 Å². The molecule has 3 N–H and O–H groups in total. The molecule has 0 saturated carbocycles. The molecule has 1 heterocycles. The maximum absolute atomic E-state index is 12.4. The minimum Gasteiger partial charge on any atom is -0.497 e. The van der Waals surface area contributed by atoms with E-state index in [1.807, 2.05) is 24.3 Å². The maximum Gasteiger partial charge on any atom is 0.251 e. The van der Waals surface area contributed by atoms with Crippen molar-refractivity contribution in [1.29, 1.82) is 0 Å². The van der Waals surface area contributed by atoms with Crippen molar-refractivity contribution in [3.63, 3.8) is 0 Å². The largest absolute Gasteiger partial charge is 0.497 e. The smallest absolute Gasteiger partial charge is 0.251 e. The van der Waals surface area contributed by atoms with Gasteiger partial charge in [-0.05, 0) is 48.5 Å². The molecule has 0 aliphatic carbocycles. The van der Waals surface area contributed by atoms with Gasteiger partial charge < -0.3 is 14.8 Å². The molecule has 1 amide bonds. The third-order valence-corrected chi connectivity index (χ3v) is 5.80. The predicted octanol–water partition coefficient (Wildman–Crippen LogP) is 1.33. The second-order valence-electron chi connectivity index (χ2n) is 6.43. The van der Waals surface area contributed by atoms with E-state index in [0.717, 1.165) is 11.3 Å². The molecule has 0 radical (unpaired) electrons. The van der Waals surface area contributed by atoms with E-state index in [1.54, 1.807) is 7.11 Å². The third kappa shape index (κ3) is 5.87. The van der Waals surface area contributed by atoms with E-state index >= 15 is 0 Å². The Morgan fingerprint density at radius 3 is 2.42 bits per heavy atom. The normalized spacial score (nSPS) is 11.3. The number of methoxy groups -OCH3 is 2. The van der Waals surface area contributed by atoms with E-state index in [4.69, 9.17) is 9.47 Å². The highest BCUT2D eigenvalue weighted by atomic mass is 32.2. The standard InChI is InChI=1S/C20H23N5O5S/c1-29-12-11-22-31(27,28)17-9-5-15(6-10-17)20(26)21-13-18-23-19(25-24-18)14-3-7-16(30-2)8-4-14/h3-10,22H,11-13H2,1-2H3,(H,21,26)(H,23,24,25). The van der Waals surface area contributed by atoms with E-state index in [9.17, 15) is 13.2 Å². The third-order valence-electron chi connectivity index (χ3n) is 4.32. The van der Waals surface area contributed by atoms with Crippen molar-refractivity contribution in [2.75, 3.05) is 27.4 Å². The van der Waals surface area contributed by atoms with Crippen LogP contribution in [0.4, 0.5) is 0 Å². The van der Waals surface area contributed by atoms with Crippen LogP contribution >= 0.6 is 0 Å². The highest BCUT2D eigenvalue weighted by Gasteiger charge is 2.15. The van der Waals surface area contributed by atoms with Gasteiger partial charge >= 0.3 is 0 Å². The van der Waals surface area contributed by atoms with Gasteiger partial charge in [0.1, 0.15) is 11.6 Å². The van der Waals surface area contributed by atoms with Crippen molar-refractivity contribution in [2.45, 2.75) is 11.4 Å². The molecule has 1 aromatic heterocycles. The van der Waals surface area contributed by atoms with Crippen LogP contribution in [0.25, 0.3) is 11.4 Å². The SMILES string of the molecule is COCCNS(=O)(=O)c1ccc(C(=O)NCc2nc(-c3ccc(OC)cc3)n[nH]2)cc1. The summed E-state index contributed by atoms with van der Waals surface area (Å²) in [5.74, 6) is 1.36. The molecule has 0 aliphatic rings. The molecule has 164 valence electrons. The van der Waals surface area contributed by atoms with Gasteiger partial charge in [-0.15, -0.1) is 0 Å². The van der Waals surface area contributed by atoms with Crippen LogP contribution in [0.2, 0.25) is 0 Å². The summed E-state index contributed by atoms with van der Waals surface area (Å²) in [5, 5.41) is 9.66. The van der Waals surface area contributed by atoms with Crippen molar-refractivity contribution in [1.82, 2.24) is 25.2 Å². The van der Waals surface area contributed by atoms with Gasteiger partial charge in [0.15, 0.2) is 5.82 Å². The summed E-state index contributed by atoms with van der Waals surface area (Å²) in [5.41, 5.74) is 1.14. The molecule has 0 spiro atoms. The van der Waals surface area contributed by atoms with Crippen LogP contribution in [0.3, 0.4) is 0 Å². The Labute approximate surface area is 180 Å². The number of hydrogen-bond acceptors (Lipinski definition) is 7. The number of amides is 1. The van der Waals surface area contributed by atoms with Crippen LogP contribution in [0.1, 0.15) is 16.2 Å². The van der Waals surface area contributed by atoms with Gasteiger partial charge in [0.05, 0.1) is 25.2 Å². The van der Waals surface area contributed by atoms with Gasteiger partial charge in [0.25, 0.3) is 5.91 Å². The molecule has 31 heavy (non-hydrogen) atoms. The lowest BCUT2D eigenvalue weighted by atomic mass is 10.2. The molecule has 10 nitrogen and oxygen atoms in total. The summed E-state index contributed by atoms with van der Waals surface area (Å²) in [6.45, 7) is 0.568. The van der Waals surface area contributed by atoms with Crippen molar-refractivity contribution in [3.05, 3.63) is 59.9 Å². The van der Waals surface area contributed by atoms with E-state index in [0.29, 0.717) is 17.2 Å². The Kier molecular flexibility index (Phi) is 7.34. The summed E-state index contributed by atoms with van der Waals surface area (Å²) in [4.78, 5) is 16.8. The number of H-pyrrole nitrogens is 1. The number of benzene rings is 2. The average Bonchev–Trinajstić information content (AvgIpc) is 3.27. The first-order valence-electron chi connectivity index (χ1n) is 9.35. The van der Waals surface area contributed by atoms with Crippen molar-refractivity contribution in [2.24, 2.45) is 0 Å². The molecule has 11 heteroatoms. The van der Waals surface area contributed by atoms with Crippen molar-refractivity contribution < 1.29 is 22.7 Å². The number of nitrogens with one attached hydrogen (secondary N) is 3. The van der Waals surface area contributed by atoms with Crippen LogP contribution in [-0.4, -0.2) is 56.9 Å². The molecule has 0 fully saturated rings. The Bertz CT molecular complexity index is 1110. The molecule has 0 bridgehead atoms. The fraction of sp³-hybridized carbons (Fsp3) is 0.250. The Morgan fingerprint density at radius 1 is 1.06 bits per heavy atom. The van der Waals surface area contributed by atoms with Crippen LogP contribution < -0.4 is 14.8 Å². The molecule has 3 rings (SSSR count). The van der Waals surface area contributed by atoms with Crippen LogP contribution in [0.15, 0.2) is 53.4 Å². The number of ether oxygens (including phenoxy) is 2. The van der Waals surface area contributed by atoms with Gasteiger partial charge in [0.2, 0.25) is 10.0 Å². The van der Waals surface area contributed by atoms with E-state index in [1.165, 1.54) is 31.4 Å². The molecule has 0 atom stereocenters. The minimum absolute atomic E-state index is 0.0690. The number of aromatic amines is 1. The monoisotopic (exact) mass is 445 g/mol. The maximum atomic E-state index is 12.4. The number of aromatic nitrogens is 3. The number of nitrogens with zero attached hydrogens (tertiary/aromatic N) is 2. The lowest BCUT2D eigenvalue weighted by molar-refractivity contribution is 0.0950. The lowest BCUT2D eigenvalue weighted by Gasteiger charge is -2.07. The van der Waals surface area contributed by atoms with Gasteiger partial charge in [-0.2, -0.15) is 5.10 Å². The molecule has 2 aromatic carbocycles. The quantitative estimate of drug-likeness (QED) is 0.401. The van der Waals surface area contributed by atoms with Crippen LogP contribution in [0, 0.1) is 0 Å². The van der Waals surface area contributed by atoms with Crippen LogP contribution in [-0.2, 0) is 21.3 Å². The number of rotatable bonds is 10. The molecule has 0 aliphatic heterocycles. The zero-order valence-electron chi connectivity index (χ0n) is 17.1. The van der Waals surface area contributed by atoms with Gasteiger partial charge in [-0.1, -0.05) is 0 Å². The molecular formula is C20H23N5O5S. The van der Waals surface area contributed by atoms with E-state index < -0.39 is 10.0 Å². The first-order chi connectivity index (χ1) is 14.9. The van der Waals surface area contributed by atoms with Crippen molar-refractivity contribution >= 4 is 15.9 Å². The number of carbonyl (C=O) groups excluding carboxylic acids is 1. The summed E-state index contributed by atoms with van der Waals surface area (Å²) >= 11 is 0. The zero-order valence-corrected chi connectivity index (χ0v) is 17.9. The number of carbonyl (C=O) groups is 1. The van der Waals surface area contributed by atoms with E-state index in [2.05, 4.69) is 25.2 Å². The predicted molar refractivity (Wildman–Crippen MR) is 113 cm³/mol. The molecule has 0 unspecified atom stereocenters. The first kappa shape index (κ1) is 22.4. The first-order valence-corrected chi connectivity index (χ1v) is 10.8. The van der Waals surface area contributed by atoms with E-state index in [-0.39, 0.29) is 30.5 Å². The second kappa shape index (κ2) is 10.2. The summed E-state index contributed by atoms with van der Waals surface area (Å²) in [6.07, 6.45) is 0. The van der Waals surface area contributed by atoms with Crippen LogP contribution in [0.5, 0.6) is 5.75 Å². The molecular weight excluding hydrogens is 422 g/mol. The lowest BCUT2D eigenvalue weighted by Crippen LogP contribution is -2.27. The highest BCUT2D eigenvalue weighted by molar-refractivity contribution is 7.89. The summed E-state index contributed by atoms with van der Waals surface area (Å²) in [7, 11) is -0.572. The molecule has 0 saturated heterocycles. The number of sulfonamides is 1. The Balaban J connectivity index is 1.58. The fourth-order valence-corrected chi connectivity index (χ4v) is 3.67. The minimum atomic E-state index is -3.65. The zero-order chi connectivity index (χ0) is 22.3. The summed E-state index contributed by atoms with van der Waals surface area (Å²) in [6, 6.07) is 12.9. The van der Waals surface area contributed by atoms with Crippen molar-refractivity contribution in [3.8, 4) is 17.1 Å². The fourth-order valence-electron chi connectivity index (χ4n) is 2.66.